The monoisotopic (exact) mass is 326 g/mol. The maximum absolute atomic E-state index is 12.5. The fourth-order valence-corrected chi connectivity index (χ4v) is 2.22. The summed E-state index contributed by atoms with van der Waals surface area (Å²) in [6, 6.07) is 11.4. The predicted octanol–water partition coefficient (Wildman–Crippen LogP) is 5.42. The van der Waals surface area contributed by atoms with Gasteiger partial charge in [-0.1, -0.05) is 60.2 Å². The molecular formula is C20H19ClO2. The van der Waals surface area contributed by atoms with Gasteiger partial charge in [-0.05, 0) is 43.2 Å². The van der Waals surface area contributed by atoms with E-state index in [-0.39, 0.29) is 5.78 Å². The molecule has 0 spiro atoms. The third kappa shape index (κ3) is 4.57. The first kappa shape index (κ1) is 17.0. The van der Waals surface area contributed by atoms with E-state index in [1.807, 2.05) is 38.1 Å². The summed E-state index contributed by atoms with van der Waals surface area (Å²) in [4.78, 5) is 12.5. The van der Waals surface area contributed by atoms with Crippen molar-refractivity contribution in [2.45, 2.75) is 13.8 Å². The smallest absolute Gasteiger partial charge is 0.189 e. The molecule has 0 radical (unpaired) electrons. The Bertz CT molecular complexity index is 743. The van der Waals surface area contributed by atoms with Crippen molar-refractivity contribution in [3.05, 3.63) is 82.4 Å². The Kier molecular flexibility index (Phi) is 5.78. The molecule has 0 aliphatic heterocycles. The van der Waals surface area contributed by atoms with Gasteiger partial charge in [-0.2, -0.15) is 0 Å². The van der Waals surface area contributed by atoms with Crippen LogP contribution in [-0.4, -0.2) is 12.4 Å². The molecule has 23 heavy (non-hydrogen) atoms. The van der Waals surface area contributed by atoms with Gasteiger partial charge in [-0.3, -0.25) is 4.79 Å². The van der Waals surface area contributed by atoms with Crippen LogP contribution in [0.1, 0.15) is 27.0 Å². The second-order valence-electron chi connectivity index (χ2n) is 5.31. The number of benzene rings is 2. The van der Waals surface area contributed by atoms with Crippen LogP contribution in [0.15, 0.2) is 55.1 Å². The molecule has 2 nitrogen and oxygen atoms in total. The Balaban J connectivity index is 2.28. The van der Waals surface area contributed by atoms with Crippen LogP contribution in [0.25, 0.3) is 6.08 Å². The average Bonchev–Trinajstić information content (AvgIpc) is 2.54. The molecule has 0 fully saturated rings. The topological polar surface area (TPSA) is 26.3 Å². The van der Waals surface area contributed by atoms with Crippen LogP contribution < -0.4 is 4.74 Å². The molecule has 2 aromatic rings. The standard InChI is InChI=1S/C20H19ClO2/c1-4-11-23-20-12-15(3)18(21)13-17(20)19(22)10-9-16-7-5-14(2)6-8-16/h4-10,12-13H,1,11H2,2-3H3/b10-9+. The van der Waals surface area contributed by atoms with Crippen molar-refractivity contribution >= 4 is 23.5 Å². The Morgan fingerprint density at radius 1 is 1.22 bits per heavy atom. The quantitative estimate of drug-likeness (QED) is 0.402. The molecular weight excluding hydrogens is 308 g/mol. The number of halogens is 1. The summed E-state index contributed by atoms with van der Waals surface area (Å²) >= 11 is 6.15. The van der Waals surface area contributed by atoms with Gasteiger partial charge in [-0.15, -0.1) is 0 Å². The number of hydrogen-bond acceptors (Lipinski definition) is 2. The average molecular weight is 327 g/mol. The van der Waals surface area contributed by atoms with Crippen LogP contribution in [0.5, 0.6) is 5.75 Å². The molecule has 0 bridgehead atoms. The Hall–Kier alpha value is -2.32. The highest BCUT2D eigenvalue weighted by Gasteiger charge is 2.13. The van der Waals surface area contributed by atoms with Crippen molar-refractivity contribution in [3.8, 4) is 5.75 Å². The molecule has 0 heterocycles. The van der Waals surface area contributed by atoms with Crippen LogP contribution in [0.4, 0.5) is 0 Å². The predicted molar refractivity (Wildman–Crippen MR) is 96.4 cm³/mol. The maximum atomic E-state index is 12.5. The van der Waals surface area contributed by atoms with Gasteiger partial charge in [0.25, 0.3) is 0 Å². The first-order valence-corrected chi connectivity index (χ1v) is 7.72. The van der Waals surface area contributed by atoms with E-state index < -0.39 is 0 Å². The minimum absolute atomic E-state index is 0.147. The van der Waals surface area contributed by atoms with E-state index in [4.69, 9.17) is 16.3 Å². The number of ether oxygens (including phenoxy) is 1. The molecule has 0 atom stereocenters. The van der Waals surface area contributed by atoms with Gasteiger partial charge in [0.2, 0.25) is 0 Å². The van der Waals surface area contributed by atoms with Gasteiger partial charge in [0, 0.05) is 5.02 Å². The lowest BCUT2D eigenvalue weighted by Crippen LogP contribution is -2.03. The summed E-state index contributed by atoms with van der Waals surface area (Å²) < 4.78 is 5.58. The zero-order valence-electron chi connectivity index (χ0n) is 13.3. The second-order valence-corrected chi connectivity index (χ2v) is 5.71. The summed E-state index contributed by atoms with van der Waals surface area (Å²) in [6.45, 7) is 7.86. The maximum Gasteiger partial charge on any atom is 0.189 e. The molecule has 0 saturated carbocycles. The van der Waals surface area contributed by atoms with Crippen molar-refractivity contribution in [3.63, 3.8) is 0 Å². The number of carbonyl (C=O) groups is 1. The highest BCUT2D eigenvalue weighted by molar-refractivity contribution is 6.32. The molecule has 0 aliphatic rings. The van der Waals surface area contributed by atoms with Crippen LogP contribution in [0.3, 0.4) is 0 Å². The lowest BCUT2D eigenvalue weighted by atomic mass is 10.1. The third-order valence-electron chi connectivity index (χ3n) is 3.39. The summed E-state index contributed by atoms with van der Waals surface area (Å²) in [5.74, 6) is 0.372. The summed E-state index contributed by atoms with van der Waals surface area (Å²) in [5, 5.41) is 0.544. The van der Waals surface area contributed by atoms with Crippen molar-refractivity contribution in [2.75, 3.05) is 6.61 Å². The highest BCUT2D eigenvalue weighted by atomic mass is 35.5. The fourth-order valence-electron chi connectivity index (χ4n) is 2.05. The minimum Gasteiger partial charge on any atom is -0.489 e. The van der Waals surface area contributed by atoms with E-state index in [1.165, 1.54) is 11.6 Å². The molecule has 0 saturated heterocycles. The Labute approximate surface area is 142 Å². The molecule has 2 rings (SSSR count). The lowest BCUT2D eigenvalue weighted by Gasteiger charge is -2.10. The molecule has 0 amide bonds. The molecule has 0 N–H and O–H groups in total. The van der Waals surface area contributed by atoms with Crippen LogP contribution in [-0.2, 0) is 0 Å². The number of ketones is 1. The van der Waals surface area contributed by atoms with Crippen LogP contribution >= 0.6 is 11.6 Å². The highest BCUT2D eigenvalue weighted by Crippen LogP contribution is 2.27. The van der Waals surface area contributed by atoms with Crippen molar-refractivity contribution in [1.29, 1.82) is 0 Å². The molecule has 2 aromatic carbocycles. The molecule has 3 heteroatoms. The van der Waals surface area contributed by atoms with Crippen LogP contribution in [0, 0.1) is 13.8 Å². The van der Waals surface area contributed by atoms with Gasteiger partial charge >= 0.3 is 0 Å². The van der Waals surface area contributed by atoms with E-state index in [1.54, 1.807) is 24.3 Å². The van der Waals surface area contributed by atoms with Crippen molar-refractivity contribution in [1.82, 2.24) is 0 Å². The van der Waals surface area contributed by atoms with E-state index in [0.717, 1.165) is 11.1 Å². The van der Waals surface area contributed by atoms with Gasteiger partial charge in [0.05, 0.1) is 5.56 Å². The van der Waals surface area contributed by atoms with Crippen LogP contribution in [0.2, 0.25) is 5.02 Å². The first-order chi connectivity index (χ1) is 11.0. The van der Waals surface area contributed by atoms with E-state index in [9.17, 15) is 4.79 Å². The fraction of sp³-hybridized carbons (Fsp3) is 0.150. The Morgan fingerprint density at radius 3 is 2.57 bits per heavy atom. The van der Waals surface area contributed by atoms with E-state index >= 15 is 0 Å². The zero-order valence-corrected chi connectivity index (χ0v) is 14.1. The molecule has 0 aliphatic carbocycles. The van der Waals surface area contributed by atoms with Gasteiger partial charge in [0.1, 0.15) is 12.4 Å². The number of allylic oxidation sites excluding steroid dienone is 1. The molecule has 0 aromatic heterocycles. The van der Waals surface area contributed by atoms with E-state index in [0.29, 0.717) is 22.9 Å². The SMILES string of the molecule is C=CCOc1cc(C)c(Cl)cc1C(=O)/C=C/c1ccc(C)cc1. The largest absolute Gasteiger partial charge is 0.489 e. The second kappa shape index (κ2) is 7.80. The van der Waals surface area contributed by atoms with Crippen molar-refractivity contribution < 1.29 is 9.53 Å². The van der Waals surface area contributed by atoms with Gasteiger partial charge < -0.3 is 4.74 Å². The zero-order chi connectivity index (χ0) is 16.8. The number of rotatable bonds is 6. The molecule has 118 valence electrons. The first-order valence-electron chi connectivity index (χ1n) is 7.34. The Morgan fingerprint density at radius 2 is 1.91 bits per heavy atom. The number of aryl methyl sites for hydroxylation is 2. The number of hydrogen-bond donors (Lipinski definition) is 0. The summed E-state index contributed by atoms with van der Waals surface area (Å²) in [5.41, 5.74) is 3.46. The third-order valence-corrected chi connectivity index (χ3v) is 3.79. The van der Waals surface area contributed by atoms with Crippen molar-refractivity contribution in [2.24, 2.45) is 0 Å². The van der Waals surface area contributed by atoms with Gasteiger partial charge in [-0.25, -0.2) is 0 Å². The summed E-state index contributed by atoms with van der Waals surface area (Å²) in [7, 11) is 0. The van der Waals surface area contributed by atoms with E-state index in [2.05, 4.69) is 6.58 Å². The minimum atomic E-state index is -0.147. The lowest BCUT2D eigenvalue weighted by molar-refractivity contribution is 0.104. The van der Waals surface area contributed by atoms with Gasteiger partial charge in [0.15, 0.2) is 5.78 Å². The normalized spacial score (nSPS) is 10.7. The number of carbonyl (C=O) groups excluding carboxylic acids is 1. The molecule has 0 unspecified atom stereocenters. The summed E-state index contributed by atoms with van der Waals surface area (Å²) in [6.07, 6.45) is 4.96.